The molecule has 0 aliphatic heterocycles. The van der Waals surface area contributed by atoms with Gasteiger partial charge in [-0.15, -0.1) is 21.5 Å². The summed E-state index contributed by atoms with van der Waals surface area (Å²) in [6.07, 6.45) is 0.947. The third kappa shape index (κ3) is 4.48. The molecule has 3 rings (SSSR count). The number of carbonyl (C=O) groups is 1. The van der Waals surface area contributed by atoms with Crippen LogP contribution in [-0.2, 0) is 18.3 Å². The maximum atomic E-state index is 12.3. The second kappa shape index (κ2) is 8.65. The predicted octanol–water partition coefficient (Wildman–Crippen LogP) is 5.45. The van der Waals surface area contributed by atoms with E-state index in [2.05, 4.69) is 34.7 Å². The van der Waals surface area contributed by atoms with E-state index in [9.17, 15) is 4.79 Å². The van der Waals surface area contributed by atoms with Crippen LogP contribution in [-0.4, -0.2) is 26.4 Å². The average molecular weight is 441 g/mol. The number of hydrogen-bond donors (Lipinski definition) is 1. The predicted molar refractivity (Wildman–Crippen MR) is 114 cm³/mol. The minimum atomic E-state index is -0.186. The quantitative estimate of drug-likeness (QED) is 0.517. The lowest BCUT2D eigenvalue weighted by molar-refractivity contribution is -0.113. The van der Waals surface area contributed by atoms with E-state index in [0.29, 0.717) is 20.9 Å². The number of nitrogens with one attached hydrogen (secondary N) is 1. The van der Waals surface area contributed by atoms with Crippen LogP contribution in [0.15, 0.2) is 28.7 Å². The van der Waals surface area contributed by atoms with Crippen molar-refractivity contribution in [1.82, 2.24) is 14.8 Å². The van der Waals surface area contributed by atoms with Crippen molar-refractivity contribution in [3.8, 4) is 11.4 Å². The summed E-state index contributed by atoms with van der Waals surface area (Å²) in [7, 11) is 1.91. The van der Waals surface area contributed by atoms with Crippen LogP contribution in [0.4, 0.5) is 5.69 Å². The number of thioether (sulfide) groups is 1. The van der Waals surface area contributed by atoms with Gasteiger partial charge < -0.3 is 9.88 Å². The maximum absolute atomic E-state index is 12.3. The third-order valence-corrected chi connectivity index (χ3v) is 6.61. The number of aryl methyl sites for hydroxylation is 1. The molecule has 1 amide bonds. The first-order valence-electron chi connectivity index (χ1n) is 8.25. The van der Waals surface area contributed by atoms with Crippen LogP contribution in [0.5, 0.6) is 0 Å². The molecule has 0 atom stereocenters. The standard InChI is InChI=1S/C18H18Cl2N4OS2/c1-4-12-10(2)26-8-13(12)17-22-23-18(24(17)3)27-9-16(25)21-15-7-11(19)5-6-14(15)20/h5-8H,4,9H2,1-3H3,(H,21,25). The molecule has 0 fully saturated rings. The van der Waals surface area contributed by atoms with Crippen LogP contribution in [0.2, 0.25) is 10.0 Å². The Morgan fingerprint density at radius 2 is 2.11 bits per heavy atom. The molecule has 0 bridgehead atoms. The monoisotopic (exact) mass is 440 g/mol. The van der Waals surface area contributed by atoms with Crippen LogP contribution in [0.3, 0.4) is 0 Å². The zero-order valence-electron chi connectivity index (χ0n) is 15.0. The molecule has 0 aliphatic rings. The van der Waals surface area contributed by atoms with Gasteiger partial charge in [-0.3, -0.25) is 4.79 Å². The number of anilines is 1. The van der Waals surface area contributed by atoms with Crippen LogP contribution in [0.1, 0.15) is 17.4 Å². The number of thiophene rings is 1. The summed E-state index contributed by atoms with van der Waals surface area (Å²) in [5.41, 5.74) is 2.90. The first kappa shape index (κ1) is 20.2. The first-order chi connectivity index (χ1) is 12.9. The zero-order chi connectivity index (χ0) is 19.6. The number of benzene rings is 1. The Hall–Kier alpha value is -1.54. The number of rotatable bonds is 6. The summed E-state index contributed by atoms with van der Waals surface area (Å²) in [5.74, 6) is 0.823. The lowest BCUT2D eigenvalue weighted by Crippen LogP contribution is -2.14. The molecule has 1 N–H and O–H groups in total. The summed E-state index contributed by atoms with van der Waals surface area (Å²) in [6, 6.07) is 4.94. The van der Waals surface area contributed by atoms with Crippen molar-refractivity contribution in [2.24, 2.45) is 7.05 Å². The highest BCUT2D eigenvalue weighted by atomic mass is 35.5. The van der Waals surface area contributed by atoms with E-state index in [1.807, 2.05) is 11.6 Å². The summed E-state index contributed by atoms with van der Waals surface area (Å²) in [6.45, 7) is 4.25. The Bertz CT molecular complexity index is 984. The number of nitrogens with zero attached hydrogens (tertiary/aromatic N) is 3. The van der Waals surface area contributed by atoms with E-state index in [-0.39, 0.29) is 11.7 Å². The Morgan fingerprint density at radius 3 is 2.85 bits per heavy atom. The smallest absolute Gasteiger partial charge is 0.234 e. The zero-order valence-corrected chi connectivity index (χ0v) is 18.2. The second-order valence-corrected chi connectivity index (χ2v) is 8.73. The molecule has 0 aliphatic carbocycles. The van der Waals surface area contributed by atoms with E-state index >= 15 is 0 Å². The van der Waals surface area contributed by atoms with Gasteiger partial charge in [-0.25, -0.2) is 0 Å². The van der Waals surface area contributed by atoms with Gasteiger partial charge in [0.05, 0.1) is 16.5 Å². The molecule has 0 saturated carbocycles. The van der Waals surface area contributed by atoms with Gasteiger partial charge >= 0.3 is 0 Å². The minimum Gasteiger partial charge on any atom is -0.324 e. The number of halogens is 2. The summed E-state index contributed by atoms with van der Waals surface area (Å²) in [5, 5.41) is 15.1. The minimum absolute atomic E-state index is 0.186. The van der Waals surface area contributed by atoms with Gasteiger partial charge in [-0.05, 0) is 37.1 Å². The summed E-state index contributed by atoms with van der Waals surface area (Å²) < 4.78 is 1.92. The third-order valence-electron chi connectivity index (χ3n) is 4.07. The lowest BCUT2D eigenvalue weighted by atomic mass is 10.1. The van der Waals surface area contributed by atoms with E-state index in [4.69, 9.17) is 23.2 Å². The molecule has 142 valence electrons. The van der Waals surface area contributed by atoms with Crippen molar-refractivity contribution in [3.05, 3.63) is 44.1 Å². The van der Waals surface area contributed by atoms with Gasteiger partial charge in [0.2, 0.25) is 5.91 Å². The van der Waals surface area contributed by atoms with Crippen molar-refractivity contribution < 1.29 is 4.79 Å². The van der Waals surface area contributed by atoms with Crippen molar-refractivity contribution in [2.75, 3.05) is 11.1 Å². The molecule has 5 nitrogen and oxygen atoms in total. The largest absolute Gasteiger partial charge is 0.324 e. The summed E-state index contributed by atoms with van der Waals surface area (Å²) >= 11 is 15.1. The van der Waals surface area contributed by atoms with Crippen molar-refractivity contribution >= 4 is 57.9 Å². The Balaban J connectivity index is 1.69. The maximum Gasteiger partial charge on any atom is 0.234 e. The molecule has 1 aromatic carbocycles. The number of aromatic nitrogens is 3. The second-order valence-electron chi connectivity index (χ2n) is 5.86. The molecule has 27 heavy (non-hydrogen) atoms. The van der Waals surface area contributed by atoms with Crippen LogP contribution >= 0.6 is 46.3 Å². The average Bonchev–Trinajstić information content (AvgIpc) is 3.18. The SMILES string of the molecule is CCc1c(-c2nnc(SCC(=O)Nc3cc(Cl)ccc3Cl)n2C)csc1C. The number of hydrogen-bond acceptors (Lipinski definition) is 5. The molecular formula is C18H18Cl2N4OS2. The first-order valence-corrected chi connectivity index (χ1v) is 10.9. The normalized spacial score (nSPS) is 11.0. The Kier molecular flexibility index (Phi) is 6.47. The molecule has 2 heterocycles. The summed E-state index contributed by atoms with van der Waals surface area (Å²) in [4.78, 5) is 13.5. The molecule has 2 aromatic heterocycles. The fraction of sp³-hybridized carbons (Fsp3) is 0.278. The molecule has 0 unspecified atom stereocenters. The van der Waals surface area contributed by atoms with Gasteiger partial charge in [0.1, 0.15) is 0 Å². The molecule has 0 spiro atoms. The highest BCUT2D eigenvalue weighted by Crippen LogP contribution is 2.32. The van der Waals surface area contributed by atoms with Gasteiger partial charge in [-0.1, -0.05) is 41.9 Å². The molecule has 3 aromatic rings. The van der Waals surface area contributed by atoms with Crippen LogP contribution < -0.4 is 5.32 Å². The molecule has 0 saturated heterocycles. The molecular weight excluding hydrogens is 423 g/mol. The van der Waals surface area contributed by atoms with Gasteiger partial charge in [-0.2, -0.15) is 0 Å². The Morgan fingerprint density at radius 1 is 1.33 bits per heavy atom. The molecule has 9 heteroatoms. The van der Waals surface area contributed by atoms with Crippen molar-refractivity contribution in [1.29, 1.82) is 0 Å². The topological polar surface area (TPSA) is 59.8 Å². The van der Waals surface area contributed by atoms with E-state index in [0.717, 1.165) is 17.8 Å². The van der Waals surface area contributed by atoms with Crippen molar-refractivity contribution in [3.63, 3.8) is 0 Å². The highest BCUT2D eigenvalue weighted by molar-refractivity contribution is 7.99. The van der Waals surface area contributed by atoms with E-state index in [1.165, 1.54) is 22.2 Å². The van der Waals surface area contributed by atoms with Crippen molar-refractivity contribution in [2.45, 2.75) is 25.4 Å². The Labute approximate surface area is 176 Å². The van der Waals surface area contributed by atoms with Gasteiger partial charge in [0.15, 0.2) is 11.0 Å². The lowest BCUT2D eigenvalue weighted by Gasteiger charge is -2.08. The fourth-order valence-corrected chi connectivity index (χ4v) is 4.68. The van der Waals surface area contributed by atoms with Crippen LogP contribution in [0.25, 0.3) is 11.4 Å². The molecule has 0 radical (unpaired) electrons. The van der Waals surface area contributed by atoms with Crippen LogP contribution in [0, 0.1) is 6.92 Å². The fourth-order valence-electron chi connectivity index (χ4n) is 2.69. The van der Waals surface area contributed by atoms with E-state index < -0.39 is 0 Å². The number of amides is 1. The van der Waals surface area contributed by atoms with Gasteiger partial charge in [0.25, 0.3) is 0 Å². The highest BCUT2D eigenvalue weighted by Gasteiger charge is 2.17. The van der Waals surface area contributed by atoms with Gasteiger partial charge in [0, 0.05) is 27.9 Å². The van der Waals surface area contributed by atoms with E-state index in [1.54, 1.807) is 29.5 Å². The number of carbonyl (C=O) groups excluding carboxylic acids is 1.